The molecule has 56 valence electrons. The molecule has 0 aliphatic carbocycles. The van der Waals surface area contributed by atoms with Crippen molar-refractivity contribution in [1.29, 1.82) is 5.26 Å². The third-order valence-corrected chi connectivity index (χ3v) is 1.23. The van der Waals surface area contributed by atoms with Crippen molar-refractivity contribution in [3.05, 3.63) is 29.6 Å². The van der Waals surface area contributed by atoms with E-state index >= 15 is 0 Å². The molecule has 1 heterocycles. The molecule has 11 heavy (non-hydrogen) atoms. The standard InChI is InChI=1S/C8H8N2O/c1-11-6-8-2-7(3-9)4-10-5-8/h2,4-5H,6H2,1H3. The van der Waals surface area contributed by atoms with Crippen LogP contribution in [0.25, 0.3) is 0 Å². The van der Waals surface area contributed by atoms with E-state index in [2.05, 4.69) is 4.98 Å². The lowest BCUT2D eigenvalue weighted by Gasteiger charge is -1.96. The SMILES string of the molecule is COCc1cncc(C#N)c1. The number of nitrogens with zero attached hydrogens (tertiary/aromatic N) is 2. The van der Waals surface area contributed by atoms with Crippen LogP contribution in [0, 0.1) is 11.3 Å². The summed E-state index contributed by atoms with van der Waals surface area (Å²) in [5, 5.41) is 8.50. The number of hydrogen-bond acceptors (Lipinski definition) is 3. The van der Waals surface area contributed by atoms with E-state index < -0.39 is 0 Å². The van der Waals surface area contributed by atoms with Gasteiger partial charge in [-0.3, -0.25) is 4.98 Å². The van der Waals surface area contributed by atoms with Crippen molar-refractivity contribution in [2.75, 3.05) is 7.11 Å². The molecule has 0 atom stereocenters. The normalized spacial score (nSPS) is 9.09. The Labute approximate surface area is 65.3 Å². The van der Waals surface area contributed by atoms with Crippen LogP contribution in [-0.4, -0.2) is 12.1 Å². The van der Waals surface area contributed by atoms with Gasteiger partial charge in [0.15, 0.2) is 0 Å². The first-order chi connectivity index (χ1) is 5.36. The molecule has 1 aromatic heterocycles. The van der Waals surface area contributed by atoms with Gasteiger partial charge < -0.3 is 4.74 Å². The van der Waals surface area contributed by atoms with Gasteiger partial charge >= 0.3 is 0 Å². The molecule has 1 aromatic rings. The van der Waals surface area contributed by atoms with Gasteiger partial charge in [-0.05, 0) is 11.6 Å². The zero-order chi connectivity index (χ0) is 8.10. The molecule has 0 radical (unpaired) electrons. The van der Waals surface area contributed by atoms with E-state index in [1.54, 1.807) is 19.4 Å². The van der Waals surface area contributed by atoms with Crippen molar-refractivity contribution >= 4 is 0 Å². The van der Waals surface area contributed by atoms with E-state index in [4.69, 9.17) is 10.00 Å². The number of aromatic nitrogens is 1. The van der Waals surface area contributed by atoms with Crippen molar-refractivity contribution in [3.8, 4) is 6.07 Å². The van der Waals surface area contributed by atoms with Gasteiger partial charge in [-0.15, -0.1) is 0 Å². The van der Waals surface area contributed by atoms with Gasteiger partial charge in [-0.1, -0.05) is 0 Å². The van der Waals surface area contributed by atoms with Gasteiger partial charge in [0.25, 0.3) is 0 Å². The Morgan fingerprint density at radius 3 is 3.09 bits per heavy atom. The van der Waals surface area contributed by atoms with Crippen LogP contribution in [0.3, 0.4) is 0 Å². The lowest BCUT2D eigenvalue weighted by molar-refractivity contribution is 0.184. The molecule has 0 fully saturated rings. The van der Waals surface area contributed by atoms with Crippen molar-refractivity contribution in [3.63, 3.8) is 0 Å². The molecule has 0 aromatic carbocycles. The lowest BCUT2D eigenvalue weighted by atomic mass is 10.2. The minimum absolute atomic E-state index is 0.502. The maximum atomic E-state index is 8.50. The van der Waals surface area contributed by atoms with Gasteiger partial charge in [0.2, 0.25) is 0 Å². The summed E-state index contributed by atoms with van der Waals surface area (Å²) in [6.07, 6.45) is 3.21. The Kier molecular flexibility index (Phi) is 2.59. The van der Waals surface area contributed by atoms with Crippen LogP contribution in [0.4, 0.5) is 0 Å². The van der Waals surface area contributed by atoms with E-state index in [1.165, 1.54) is 6.20 Å². The van der Waals surface area contributed by atoms with E-state index in [0.717, 1.165) is 5.56 Å². The van der Waals surface area contributed by atoms with Crippen LogP contribution in [0.15, 0.2) is 18.5 Å². The Balaban J connectivity index is 2.85. The summed E-state index contributed by atoms with van der Waals surface area (Å²) in [6, 6.07) is 3.77. The molecule has 0 N–H and O–H groups in total. The number of rotatable bonds is 2. The molecule has 3 heteroatoms. The Morgan fingerprint density at radius 2 is 2.45 bits per heavy atom. The maximum absolute atomic E-state index is 8.50. The molecule has 0 unspecified atom stereocenters. The number of pyridine rings is 1. The lowest BCUT2D eigenvalue weighted by Crippen LogP contribution is -1.89. The zero-order valence-electron chi connectivity index (χ0n) is 6.24. The highest BCUT2D eigenvalue weighted by molar-refractivity contribution is 5.28. The summed E-state index contributed by atoms with van der Waals surface area (Å²) in [6.45, 7) is 0.502. The average Bonchev–Trinajstić information content (AvgIpc) is 2.06. The second-order valence-electron chi connectivity index (χ2n) is 2.13. The number of nitriles is 1. The van der Waals surface area contributed by atoms with E-state index in [-0.39, 0.29) is 0 Å². The smallest absolute Gasteiger partial charge is 0.101 e. The van der Waals surface area contributed by atoms with Gasteiger partial charge in [0.1, 0.15) is 6.07 Å². The monoisotopic (exact) mass is 148 g/mol. The summed E-state index contributed by atoms with van der Waals surface area (Å²) in [7, 11) is 1.61. The van der Waals surface area contributed by atoms with Crippen LogP contribution in [0.2, 0.25) is 0 Å². The van der Waals surface area contributed by atoms with Crippen LogP contribution >= 0.6 is 0 Å². The summed E-state index contributed by atoms with van der Waals surface area (Å²) >= 11 is 0. The van der Waals surface area contributed by atoms with Gasteiger partial charge in [-0.2, -0.15) is 5.26 Å². The molecule has 0 bridgehead atoms. The van der Waals surface area contributed by atoms with Crippen molar-refractivity contribution in [2.45, 2.75) is 6.61 Å². The molecule has 0 aliphatic heterocycles. The third-order valence-electron chi connectivity index (χ3n) is 1.23. The topological polar surface area (TPSA) is 45.9 Å². The molecule has 0 spiro atoms. The fourth-order valence-corrected chi connectivity index (χ4v) is 0.794. The van der Waals surface area contributed by atoms with E-state index in [9.17, 15) is 0 Å². The first-order valence-corrected chi connectivity index (χ1v) is 3.20. The van der Waals surface area contributed by atoms with E-state index in [1.807, 2.05) is 6.07 Å². The summed E-state index contributed by atoms with van der Waals surface area (Å²) in [5.74, 6) is 0. The predicted octanol–water partition coefficient (Wildman–Crippen LogP) is 1.10. The molecule has 0 aliphatic rings. The predicted molar refractivity (Wildman–Crippen MR) is 39.7 cm³/mol. The summed E-state index contributed by atoms with van der Waals surface area (Å²) < 4.78 is 4.88. The van der Waals surface area contributed by atoms with Gasteiger partial charge in [0, 0.05) is 19.5 Å². The average molecular weight is 148 g/mol. The fourth-order valence-electron chi connectivity index (χ4n) is 0.794. The molecule has 1 rings (SSSR count). The first-order valence-electron chi connectivity index (χ1n) is 3.20. The van der Waals surface area contributed by atoms with Crippen LogP contribution in [0.1, 0.15) is 11.1 Å². The van der Waals surface area contributed by atoms with Gasteiger partial charge in [0.05, 0.1) is 12.2 Å². The van der Waals surface area contributed by atoms with Crippen LogP contribution in [0.5, 0.6) is 0 Å². The summed E-state index contributed by atoms with van der Waals surface area (Å²) in [5.41, 5.74) is 1.49. The fraction of sp³-hybridized carbons (Fsp3) is 0.250. The minimum Gasteiger partial charge on any atom is -0.380 e. The second-order valence-corrected chi connectivity index (χ2v) is 2.13. The highest BCUT2D eigenvalue weighted by Crippen LogP contribution is 2.01. The highest BCUT2D eigenvalue weighted by atomic mass is 16.5. The Morgan fingerprint density at radius 1 is 1.64 bits per heavy atom. The zero-order valence-corrected chi connectivity index (χ0v) is 6.24. The van der Waals surface area contributed by atoms with E-state index in [0.29, 0.717) is 12.2 Å². The first kappa shape index (κ1) is 7.70. The van der Waals surface area contributed by atoms with Crippen LogP contribution in [-0.2, 0) is 11.3 Å². The molecular weight excluding hydrogens is 140 g/mol. The van der Waals surface area contributed by atoms with Crippen molar-refractivity contribution in [2.24, 2.45) is 0 Å². The molecule has 0 amide bonds. The minimum atomic E-state index is 0.502. The quantitative estimate of drug-likeness (QED) is 0.630. The summed E-state index contributed by atoms with van der Waals surface area (Å²) in [4.78, 5) is 3.87. The van der Waals surface area contributed by atoms with Gasteiger partial charge in [-0.25, -0.2) is 0 Å². The maximum Gasteiger partial charge on any atom is 0.101 e. The second kappa shape index (κ2) is 3.69. The van der Waals surface area contributed by atoms with Crippen molar-refractivity contribution < 1.29 is 4.74 Å². The number of methoxy groups -OCH3 is 1. The highest BCUT2D eigenvalue weighted by Gasteiger charge is 1.93. The largest absolute Gasteiger partial charge is 0.380 e. The Hall–Kier alpha value is -1.40. The molecule has 0 saturated carbocycles. The molecular formula is C8H8N2O. The molecule has 3 nitrogen and oxygen atoms in total. The third kappa shape index (κ3) is 2.03. The molecule has 0 saturated heterocycles. The van der Waals surface area contributed by atoms with Crippen LogP contribution < -0.4 is 0 Å². The number of hydrogen-bond donors (Lipinski definition) is 0. The Bertz CT molecular complexity index is 278. The van der Waals surface area contributed by atoms with Crippen molar-refractivity contribution in [1.82, 2.24) is 4.98 Å². The number of ether oxygens (including phenoxy) is 1.